The van der Waals surface area contributed by atoms with Gasteiger partial charge in [0.25, 0.3) is 0 Å². The van der Waals surface area contributed by atoms with Crippen LogP contribution in [-0.2, 0) is 5.75 Å². The van der Waals surface area contributed by atoms with Crippen LogP contribution >= 0.6 is 11.8 Å². The zero-order valence-corrected chi connectivity index (χ0v) is 11.3. The Morgan fingerprint density at radius 2 is 1.90 bits per heavy atom. The van der Waals surface area contributed by atoms with Gasteiger partial charge in [0.2, 0.25) is 5.16 Å². The van der Waals surface area contributed by atoms with E-state index in [9.17, 15) is 4.39 Å². The molecule has 0 N–H and O–H groups in total. The first kappa shape index (κ1) is 12.8. The quantitative estimate of drug-likeness (QED) is 0.691. The monoisotopic (exact) mass is 286 g/mol. The van der Waals surface area contributed by atoms with Crippen molar-refractivity contribution < 1.29 is 4.39 Å². The van der Waals surface area contributed by atoms with E-state index in [1.54, 1.807) is 10.7 Å². The topological polar surface area (TPSA) is 43.6 Å². The third kappa shape index (κ3) is 2.85. The summed E-state index contributed by atoms with van der Waals surface area (Å²) in [6.45, 7) is 0. The molecule has 1 aromatic heterocycles. The van der Waals surface area contributed by atoms with Crippen LogP contribution in [0.2, 0.25) is 0 Å². The molecule has 4 nitrogen and oxygen atoms in total. The average molecular weight is 286 g/mol. The molecular formula is C14H11FN4S. The summed E-state index contributed by atoms with van der Waals surface area (Å²) in [6, 6.07) is 16.2. The Balaban J connectivity index is 1.78. The average Bonchev–Trinajstić information content (AvgIpc) is 2.95. The number of thioether (sulfide) groups is 1. The molecule has 0 atom stereocenters. The van der Waals surface area contributed by atoms with E-state index in [0.29, 0.717) is 10.9 Å². The van der Waals surface area contributed by atoms with Crippen molar-refractivity contribution in [2.45, 2.75) is 10.9 Å². The molecule has 0 spiro atoms. The summed E-state index contributed by atoms with van der Waals surface area (Å²) in [5.41, 5.74) is 1.80. The second-order valence-electron chi connectivity index (χ2n) is 4.13. The van der Waals surface area contributed by atoms with Crippen molar-refractivity contribution in [3.63, 3.8) is 0 Å². The second-order valence-corrected chi connectivity index (χ2v) is 5.07. The first-order valence-corrected chi connectivity index (χ1v) is 7.02. The summed E-state index contributed by atoms with van der Waals surface area (Å²) < 4.78 is 14.8. The third-order valence-electron chi connectivity index (χ3n) is 2.70. The Bertz CT molecular complexity index is 699. The fourth-order valence-electron chi connectivity index (χ4n) is 1.77. The van der Waals surface area contributed by atoms with Gasteiger partial charge in [-0.15, -0.1) is 5.10 Å². The normalized spacial score (nSPS) is 10.7. The number of nitrogens with zero attached hydrogens (tertiary/aromatic N) is 4. The lowest BCUT2D eigenvalue weighted by Crippen LogP contribution is -1.98. The van der Waals surface area contributed by atoms with E-state index < -0.39 is 0 Å². The summed E-state index contributed by atoms with van der Waals surface area (Å²) in [5, 5.41) is 12.4. The molecule has 2 aromatic carbocycles. The molecule has 0 aliphatic carbocycles. The van der Waals surface area contributed by atoms with Gasteiger partial charge in [-0.3, -0.25) is 0 Å². The molecule has 1 heterocycles. The van der Waals surface area contributed by atoms with E-state index in [1.807, 2.05) is 36.4 Å². The standard InChI is InChI=1S/C14H11FN4S/c15-12-6-4-5-11(9-12)10-20-14-16-17-18-19(14)13-7-2-1-3-8-13/h1-9H,10H2. The number of para-hydroxylation sites is 1. The van der Waals surface area contributed by atoms with Crippen molar-refractivity contribution in [3.05, 3.63) is 66.0 Å². The Morgan fingerprint density at radius 3 is 2.70 bits per heavy atom. The van der Waals surface area contributed by atoms with Crippen molar-refractivity contribution in [2.24, 2.45) is 0 Å². The molecule has 0 aliphatic heterocycles. The summed E-state index contributed by atoms with van der Waals surface area (Å²) in [7, 11) is 0. The largest absolute Gasteiger partial charge is 0.214 e. The van der Waals surface area contributed by atoms with Gasteiger partial charge in [-0.1, -0.05) is 42.1 Å². The number of benzene rings is 2. The first-order valence-electron chi connectivity index (χ1n) is 6.04. The Hall–Kier alpha value is -2.21. The highest BCUT2D eigenvalue weighted by molar-refractivity contribution is 7.98. The number of halogens is 1. The van der Waals surface area contributed by atoms with Crippen LogP contribution in [0.1, 0.15) is 5.56 Å². The molecule has 0 saturated carbocycles. The molecule has 20 heavy (non-hydrogen) atoms. The molecule has 6 heteroatoms. The van der Waals surface area contributed by atoms with Crippen LogP contribution < -0.4 is 0 Å². The highest BCUT2D eigenvalue weighted by Crippen LogP contribution is 2.22. The highest BCUT2D eigenvalue weighted by atomic mass is 32.2. The lowest BCUT2D eigenvalue weighted by molar-refractivity contribution is 0.626. The van der Waals surface area contributed by atoms with Gasteiger partial charge in [0.1, 0.15) is 5.82 Å². The number of aromatic nitrogens is 4. The van der Waals surface area contributed by atoms with Crippen molar-refractivity contribution in [3.8, 4) is 5.69 Å². The lowest BCUT2D eigenvalue weighted by Gasteiger charge is -2.04. The minimum absolute atomic E-state index is 0.231. The number of hydrogen-bond acceptors (Lipinski definition) is 4. The summed E-state index contributed by atoms with van der Waals surface area (Å²) in [5.74, 6) is 0.385. The fourth-order valence-corrected chi connectivity index (χ4v) is 2.61. The summed E-state index contributed by atoms with van der Waals surface area (Å²) >= 11 is 1.47. The van der Waals surface area contributed by atoms with E-state index in [2.05, 4.69) is 15.5 Å². The van der Waals surface area contributed by atoms with Crippen LogP contribution in [0.4, 0.5) is 4.39 Å². The second kappa shape index (κ2) is 5.83. The van der Waals surface area contributed by atoms with Crippen LogP contribution in [-0.4, -0.2) is 20.2 Å². The van der Waals surface area contributed by atoms with Crippen LogP contribution in [0, 0.1) is 5.82 Å². The first-order chi connectivity index (χ1) is 9.83. The van der Waals surface area contributed by atoms with Crippen molar-refractivity contribution >= 4 is 11.8 Å². The molecule has 0 bridgehead atoms. The molecule has 3 rings (SSSR count). The van der Waals surface area contributed by atoms with Crippen LogP contribution in [0.15, 0.2) is 59.8 Å². The zero-order valence-electron chi connectivity index (χ0n) is 10.5. The van der Waals surface area contributed by atoms with Crippen LogP contribution in [0.25, 0.3) is 5.69 Å². The van der Waals surface area contributed by atoms with Crippen molar-refractivity contribution in [1.82, 2.24) is 20.2 Å². The summed E-state index contributed by atoms with van der Waals surface area (Å²) in [6.07, 6.45) is 0. The molecular weight excluding hydrogens is 275 g/mol. The molecule has 0 aliphatic rings. The van der Waals surface area contributed by atoms with Crippen molar-refractivity contribution in [1.29, 1.82) is 0 Å². The third-order valence-corrected chi connectivity index (χ3v) is 3.69. The van der Waals surface area contributed by atoms with E-state index in [4.69, 9.17) is 0 Å². The molecule has 3 aromatic rings. The number of rotatable bonds is 4. The lowest BCUT2D eigenvalue weighted by atomic mass is 10.2. The van der Waals surface area contributed by atoms with Gasteiger partial charge >= 0.3 is 0 Å². The van der Waals surface area contributed by atoms with E-state index >= 15 is 0 Å². The van der Waals surface area contributed by atoms with Gasteiger partial charge in [0.05, 0.1) is 5.69 Å². The van der Waals surface area contributed by atoms with E-state index in [-0.39, 0.29) is 5.82 Å². The van der Waals surface area contributed by atoms with Gasteiger partial charge < -0.3 is 0 Å². The van der Waals surface area contributed by atoms with Gasteiger partial charge in [0, 0.05) is 5.75 Å². The number of tetrazole rings is 1. The van der Waals surface area contributed by atoms with Gasteiger partial charge in [-0.05, 0) is 40.3 Å². The Labute approximate surface area is 119 Å². The maximum Gasteiger partial charge on any atom is 0.214 e. The van der Waals surface area contributed by atoms with Gasteiger partial charge in [0.15, 0.2) is 0 Å². The maximum absolute atomic E-state index is 13.1. The smallest absolute Gasteiger partial charge is 0.207 e. The van der Waals surface area contributed by atoms with Crippen LogP contribution in [0.3, 0.4) is 0 Å². The Morgan fingerprint density at radius 1 is 1.05 bits per heavy atom. The van der Waals surface area contributed by atoms with Gasteiger partial charge in [-0.25, -0.2) is 4.39 Å². The predicted molar refractivity (Wildman–Crippen MR) is 75.1 cm³/mol. The SMILES string of the molecule is Fc1cccc(CSc2nnnn2-c2ccccc2)c1. The molecule has 0 radical (unpaired) electrons. The van der Waals surface area contributed by atoms with Crippen molar-refractivity contribution in [2.75, 3.05) is 0 Å². The van der Waals surface area contributed by atoms with Crippen LogP contribution in [0.5, 0.6) is 0 Å². The van der Waals surface area contributed by atoms with E-state index in [0.717, 1.165) is 11.3 Å². The predicted octanol–water partition coefficient (Wildman–Crippen LogP) is 3.09. The molecule has 0 amide bonds. The number of hydrogen-bond donors (Lipinski definition) is 0. The molecule has 0 saturated heterocycles. The zero-order chi connectivity index (χ0) is 13.8. The van der Waals surface area contributed by atoms with E-state index in [1.165, 1.54) is 23.9 Å². The highest BCUT2D eigenvalue weighted by Gasteiger charge is 2.08. The fraction of sp³-hybridized carbons (Fsp3) is 0.0714. The summed E-state index contributed by atoms with van der Waals surface area (Å²) in [4.78, 5) is 0. The molecule has 0 unspecified atom stereocenters. The maximum atomic E-state index is 13.1. The Kier molecular flexibility index (Phi) is 3.73. The minimum atomic E-state index is -0.231. The molecule has 0 fully saturated rings. The molecule has 100 valence electrons. The minimum Gasteiger partial charge on any atom is -0.207 e. The van der Waals surface area contributed by atoms with Gasteiger partial charge in [-0.2, -0.15) is 4.68 Å².